The summed E-state index contributed by atoms with van der Waals surface area (Å²) in [7, 11) is -0.207. The van der Waals surface area contributed by atoms with Crippen LogP contribution in [0.2, 0.25) is 0 Å². The quantitative estimate of drug-likeness (QED) is 0.203. The van der Waals surface area contributed by atoms with Crippen molar-refractivity contribution in [3.05, 3.63) is 83.9 Å². The van der Waals surface area contributed by atoms with E-state index >= 15 is 0 Å². The van der Waals surface area contributed by atoms with Crippen LogP contribution in [0.15, 0.2) is 72.8 Å². The van der Waals surface area contributed by atoms with E-state index in [-0.39, 0.29) is 15.8 Å². The average Bonchev–Trinajstić information content (AvgIpc) is 3.89. The molecule has 2 nitrogen and oxygen atoms in total. The van der Waals surface area contributed by atoms with Gasteiger partial charge in [0.05, 0.1) is 0 Å². The zero-order chi connectivity index (χ0) is 34.3. The summed E-state index contributed by atoms with van der Waals surface area (Å²) in [6.07, 6.45) is 24.6. The van der Waals surface area contributed by atoms with Crippen molar-refractivity contribution in [1.29, 1.82) is 0 Å². The van der Waals surface area contributed by atoms with Gasteiger partial charge in [-0.15, -0.1) is 0 Å². The summed E-state index contributed by atoms with van der Waals surface area (Å²) in [5, 5.41) is 8.97. The number of rotatable bonds is 10. The fourth-order valence-corrected chi connectivity index (χ4v) is 23.7. The van der Waals surface area contributed by atoms with E-state index < -0.39 is 0 Å². The first-order valence-electron chi connectivity index (χ1n) is 21.8. The topological polar surface area (TPSA) is 24.1 Å². The molecule has 0 radical (unpaired) electrons. The Morgan fingerprint density at radius 3 is 1.25 bits per heavy atom. The molecule has 13 rings (SSSR count). The van der Waals surface area contributed by atoms with Crippen LogP contribution in [0.3, 0.4) is 0 Å². The highest BCUT2D eigenvalue weighted by atomic mass is 31.1. The van der Waals surface area contributed by atoms with Gasteiger partial charge in [0.1, 0.15) is 0 Å². The van der Waals surface area contributed by atoms with E-state index in [0.717, 1.165) is 46.8 Å². The van der Waals surface area contributed by atoms with Crippen LogP contribution >= 0.6 is 15.8 Å². The smallest absolute Gasteiger partial charge is 0.00196 e. The number of hydrogen-bond donors (Lipinski definition) is 2. The van der Waals surface area contributed by atoms with E-state index in [2.05, 4.69) is 83.4 Å². The monoisotopic (exact) mass is 728 g/mol. The molecule has 10 fully saturated rings. The second kappa shape index (κ2) is 13.6. The van der Waals surface area contributed by atoms with E-state index in [1.807, 2.05) is 0 Å². The highest BCUT2D eigenvalue weighted by molar-refractivity contribution is 7.60. The van der Waals surface area contributed by atoms with Gasteiger partial charge in [-0.1, -0.05) is 76.5 Å². The minimum absolute atomic E-state index is 0.0975. The zero-order valence-corrected chi connectivity index (χ0v) is 33.4. The second-order valence-electron chi connectivity index (χ2n) is 19.7. The first kappa shape index (κ1) is 33.8. The Labute approximate surface area is 317 Å². The fraction of sp³-hybridized carbons (Fsp3) is 0.625. The Kier molecular flexibility index (Phi) is 8.81. The predicted molar refractivity (Wildman–Crippen MR) is 223 cm³/mol. The molecule has 274 valence electrons. The Balaban J connectivity index is 1.08. The van der Waals surface area contributed by atoms with Gasteiger partial charge in [-0.3, -0.25) is 0 Å². The summed E-state index contributed by atoms with van der Waals surface area (Å²) in [5.74, 6) is 6.26. The van der Waals surface area contributed by atoms with Crippen LogP contribution in [0.1, 0.15) is 101 Å². The molecule has 3 aromatic carbocycles. The largest absolute Gasteiger partial charge is 0.316 e. The van der Waals surface area contributed by atoms with Gasteiger partial charge in [-0.05, 0) is 218 Å². The lowest BCUT2D eigenvalue weighted by atomic mass is 9.55. The molecule has 3 aromatic rings. The van der Waals surface area contributed by atoms with Crippen LogP contribution in [0.25, 0.3) is 22.3 Å². The van der Waals surface area contributed by atoms with Crippen molar-refractivity contribution in [2.24, 2.45) is 35.5 Å². The Bertz CT molecular complexity index is 1610. The molecule has 2 N–H and O–H groups in total. The molecule has 0 aromatic heterocycles. The first-order valence-corrected chi connectivity index (χ1v) is 25.0. The van der Waals surface area contributed by atoms with Crippen LogP contribution in [-0.2, 0) is 12.3 Å². The summed E-state index contributed by atoms with van der Waals surface area (Å²) in [6, 6.07) is 28.7. The van der Waals surface area contributed by atoms with Gasteiger partial charge < -0.3 is 10.6 Å². The molecule has 2 saturated heterocycles. The van der Waals surface area contributed by atoms with Crippen LogP contribution in [-0.4, -0.2) is 47.8 Å². The molecule has 52 heavy (non-hydrogen) atoms. The van der Waals surface area contributed by atoms with Crippen molar-refractivity contribution in [2.45, 2.75) is 124 Å². The maximum Gasteiger partial charge on any atom is 0.00196 e. The summed E-state index contributed by atoms with van der Waals surface area (Å²) in [6.45, 7) is 4.95. The van der Waals surface area contributed by atoms with Crippen molar-refractivity contribution in [3.63, 3.8) is 0 Å². The lowest BCUT2D eigenvalue weighted by Crippen LogP contribution is -2.56. The van der Waals surface area contributed by atoms with Crippen molar-refractivity contribution >= 4 is 15.8 Å². The molecule has 2 heterocycles. The molecule has 4 heteroatoms. The van der Waals surface area contributed by atoms with Gasteiger partial charge in [0.2, 0.25) is 0 Å². The Hall–Kier alpha value is -1.56. The lowest BCUT2D eigenvalue weighted by molar-refractivity contribution is 0.0184. The standard InChI is InChI=1S/C48H62N2P2/c1-3-7-39(8-4-1)45-21-41(31-51(43-11-13-49-29-43)44-12-14-50-30-44)42(22-46(45)40-9-5-2-6-10-40)32-52(47-23-33-15-34(24-47)17-35(16-33)25-47)48-26-36-18-37(27-48)20-38(19-36)28-48/h1-10,21-22,33-38,43-44,49-50H,11-20,23-32H2. The van der Waals surface area contributed by atoms with Gasteiger partial charge >= 0.3 is 0 Å². The molecule has 10 aliphatic rings. The van der Waals surface area contributed by atoms with Crippen LogP contribution in [0.4, 0.5) is 0 Å². The van der Waals surface area contributed by atoms with Crippen LogP contribution < -0.4 is 10.6 Å². The average molecular weight is 729 g/mol. The van der Waals surface area contributed by atoms with Crippen LogP contribution in [0.5, 0.6) is 0 Å². The fourth-order valence-electron chi connectivity index (χ4n) is 15.1. The van der Waals surface area contributed by atoms with Gasteiger partial charge in [0.25, 0.3) is 0 Å². The summed E-state index contributed by atoms with van der Waals surface area (Å²) >= 11 is 0. The maximum absolute atomic E-state index is 3.82. The summed E-state index contributed by atoms with van der Waals surface area (Å²) < 4.78 is 0. The van der Waals surface area contributed by atoms with Gasteiger partial charge in [0, 0.05) is 13.1 Å². The molecule has 8 saturated carbocycles. The third-order valence-corrected chi connectivity index (χ3v) is 23.9. The molecule has 2 aliphatic heterocycles. The van der Waals surface area contributed by atoms with E-state index in [1.54, 1.807) is 88.2 Å². The lowest BCUT2D eigenvalue weighted by Gasteiger charge is -2.67. The Morgan fingerprint density at radius 1 is 0.500 bits per heavy atom. The molecule has 2 unspecified atom stereocenters. The highest BCUT2D eigenvalue weighted by Gasteiger charge is 2.62. The predicted octanol–water partition coefficient (Wildman–Crippen LogP) is 11.6. The third kappa shape index (κ3) is 6.03. The summed E-state index contributed by atoms with van der Waals surface area (Å²) in [4.78, 5) is 0. The van der Waals surface area contributed by atoms with Crippen molar-refractivity contribution < 1.29 is 0 Å². The molecule has 8 aliphatic carbocycles. The molecule has 8 bridgehead atoms. The third-order valence-electron chi connectivity index (χ3n) is 16.4. The van der Waals surface area contributed by atoms with Crippen molar-refractivity contribution in [2.75, 3.05) is 26.2 Å². The highest BCUT2D eigenvalue weighted by Crippen LogP contribution is 2.80. The SMILES string of the molecule is c1ccc(-c2cc(CP(C3CCNC3)C3CCNC3)c(CP(C34CC5CC(CC(C5)C3)C4)C34CC5CC(CC(C5)C3)C4)cc2-c2ccccc2)cc1. The minimum Gasteiger partial charge on any atom is -0.316 e. The van der Waals surface area contributed by atoms with E-state index in [4.69, 9.17) is 0 Å². The van der Waals surface area contributed by atoms with Crippen molar-refractivity contribution in [3.8, 4) is 22.3 Å². The first-order chi connectivity index (χ1) is 25.6. The molecule has 0 amide bonds. The number of hydrogen-bond acceptors (Lipinski definition) is 2. The van der Waals surface area contributed by atoms with Crippen molar-refractivity contribution in [1.82, 2.24) is 10.6 Å². The van der Waals surface area contributed by atoms with Crippen LogP contribution in [0, 0.1) is 35.5 Å². The second-order valence-corrected chi connectivity index (χ2v) is 25.6. The normalized spacial score (nSPS) is 39.7. The molecule has 2 atom stereocenters. The van der Waals surface area contributed by atoms with Gasteiger partial charge in [0.15, 0.2) is 0 Å². The van der Waals surface area contributed by atoms with E-state index in [0.29, 0.717) is 10.3 Å². The molecular weight excluding hydrogens is 666 g/mol. The molecule has 0 spiro atoms. The number of nitrogens with one attached hydrogen (secondary N) is 2. The minimum atomic E-state index is -0.109. The maximum atomic E-state index is 3.82. The Morgan fingerprint density at radius 2 is 0.885 bits per heavy atom. The van der Waals surface area contributed by atoms with Gasteiger partial charge in [-0.25, -0.2) is 0 Å². The zero-order valence-electron chi connectivity index (χ0n) is 31.6. The summed E-state index contributed by atoms with van der Waals surface area (Å²) in [5.41, 5.74) is 11.1. The number of benzene rings is 3. The van der Waals surface area contributed by atoms with E-state index in [1.165, 1.54) is 73.6 Å². The van der Waals surface area contributed by atoms with Gasteiger partial charge in [-0.2, -0.15) is 0 Å². The van der Waals surface area contributed by atoms with E-state index in [9.17, 15) is 0 Å². The molecular formula is C48H62N2P2.